The molecule has 1 aromatic carbocycles. The molecule has 0 bridgehead atoms. The highest BCUT2D eigenvalue weighted by atomic mass is 16.4. The Morgan fingerprint density at radius 2 is 1.91 bits per heavy atom. The van der Waals surface area contributed by atoms with Crippen molar-refractivity contribution < 1.29 is 24.9 Å². The molecule has 0 radical (unpaired) electrons. The van der Waals surface area contributed by atoms with E-state index in [4.69, 9.17) is 10.8 Å². The van der Waals surface area contributed by atoms with Crippen LogP contribution in [0.25, 0.3) is 0 Å². The molecule has 0 spiro atoms. The molecule has 1 unspecified atom stereocenters. The summed E-state index contributed by atoms with van der Waals surface area (Å²) in [7, 11) is 0. The molecule has 0 aliphatic rings. The molecular formula is C15H22N2O5. The fourth-order valence-electron chi connectivity index (χ4n) is 2.00. The minimum Gasteiger partial charge on any atom is -0.504 e. The zero-order chi connectivity index (χ0) is 16.5. The lowest BCUT2D eigenvalue weighted by Crippen LogP contribution is -2.40. The van der Waals surface area contributed by atoms with Gasteiger partial charge in [-0.05, 0) is 49.9 Å². The molecular weight excluding hydrogens is 288 g/mol. The van der Waals surface area contributed by atoms with Crippen LogP contribution in [0, 0.1) is 0 Å². The van der Waals surface area contributed by atoms with Gasteiger partial charge in [0, 0.05) is 6.42 Å². The lowest BCUT2D eigenvalue weighted by atomic mass is 10.1. The topological polar surface area (TPSA) is 133 Å². The number of carboxylic acids is 1. The van der Waals surface area contributed by atoms with Gasteiger partial charge in [0.25, 0.3) is 0 Å². The molecule has 6 N–H and O–H groups in total. The Labute approximate surface area is 128 Å². The number of aryl methyl sites for hydroxylation is 1. The molecule has 1 atom stereocenters. The Bertz CT molecular complexity index is 519. The molecule has 1 aromatic rings. The number of carbonyl (C=O) groups is 2. The third-order valence-electron chi connectivity index (χ3n) is 3.26. The van der Waals surface area contributed by atoms with Crippen molar-refractivity contribution in [3.8, 4) is 11.5 Å². The van der Waals surface area contributed by atoms with E-state index in [1.807, 2.05) is 0 Å². The van der Waals surface area contributed by atoms with Crippen molar-refractivity contribution >= 4 is 11.9 Å². The van der Waals surface area contributed by atoms with Crippen LogP contribution >= 0.6 is 0 Å². The van der Waals surface area contributed by atoms with Gasteiger partial charge in [-0.15, -0.1) is 0 Å². The quantitative estimate of drug-likeness (QED) is 0.337. The highest BCUT2D eigenvalue weighted by Crippen LogP contribution is 2.25. The molecule has 0 saturated heterocycles. The molecule has 22 heavy (non-hydrogen) atoms. The van der Waals surface area contributed by atoms with Crippen LogP contribution in [0.3, 0.4) is 0 Å². The third kappa shape index (κ3) is 6.01. The highest BCUT2D eigenvalue weighted by molar-refractivity contribution is 5.83. The molecule has 0 aliphatic heterocycles. The highest BCUT2D eigenvalue weighted by Gasteiger charge is 2.19. The molecule has 7 heteroatoms. The summed E-state index contributed by atoms with van der Waals surface area (Å²) in [6.07, 6.45) is 2.14. The van der Waals surface area contributed by atoms with Crippen LogP contribution in [-0.2, 0) is 16.0 Å². The van der Waals surface area contributed by atoms with Gasteiger partial charge < -0.3 is 26.4 Å². The summed E-state index contributed by atoms with van der Waals surface area (Å²) in [5, 5.41) is 30.1. The van der Waals surface area contributed by atoms with Crippen molar-refractivity contribution in [1.82, 2.24) is 5.32 Å². The molecule has 122 valence electrons. The summed E-state index contributed by atoms with van der Waals surface area (Å²) in [6, 6.07) is 3.40. The van der Waals surface area contributed by atoms with Crippen LogP contribution in [0.2, 0.25) is 0 Å². The van der Waals surface area contributed by atoms with Gasteiger partial charge in [-0.25, -0.2) is 4.79 Å². The van der Waals surface area contributed by atoms with Crippen molar-refractivity contribution in [1.29, 1.82) is 0 Å². The van der Waals surface area contributed by atoms with E-state index in [0.717, 1.165) is 0 Å². The van der Waals surface area contributed by atoms with E-state index in [1.54, 1.807) is 6.07 Å². The molecule has 0 saturated carbocycles. The summed E-state index contributed by atoms with van der Waals surface area (Å²) in [4.78, 5) is 22.9. The number of aromatic hydroxyl groups is 2. The van der Waals surface area contributed by atoms with E-state index in [2.05, 4.69) is 5.32 Å². The van der Waals surface area contributed by atoms with Gasteiger partial charge in [-0.2, -0.15) is 0 Å². The first-order valence-corrected chi connectivity index (χ1v) is 7.17. The second-order valence-electron chi connectivity index (χ2n) is 5.07. The Hall–Kier alpha value is -2.28. The molecule has 1 amide bonds. The number of hydrogen-bond acceptors (Lipinski definition) is 5. The van der Waals surface area contributed by atoms with Gasteiger partial charge in [-0.3, -0.25) is 4.79 Å². The maximum atomic E-state index is 11.8. The monoisotopic (exact) mass is 310 g/mol. The molecule has 7 nitrogen and oxygen atoms in total. The SMILES string of the molecule is NCCCCC(NC(=O)CCc1ccc(O)c(O)c1)C(=O)O. The number of phenols is 2. The zero-order valence-corrected chi connectivity index (χ0v) is 12.3. The summed E-state index contributed by atoms with van der Waals surface area (Å²) < 4.78 is 0. The summed E-state index contributed by atoms with van der Waals surface area (Å²) >= 11 is 0. The molecule has 1 rings (SSSR count). The molecule has 0 fully saturated rings. The standard InChI is InChI=1S/C15H22N2O5/c16-8-2-1-3-11(15(21)22)17-14(20)7-5-10-4-6-12(18)13(19)9-10/h4,6,9,11,18-19H,1-3,5,7-8,16H2,(H,17,20)(H,21,22). The number of nitrogens with two attached hydrogens (primary N) is 1. The number of rotatable bonds is 9. The molecule has 0 heterocycles. The average molecular weight is 310 g/mol. The Kier molecular flexibility index (Phi) is 7.18. The van der Waals surface area contributed by atoms with Crippen molar-refractivity contribution in [2.24, 2.45) is 5.73 Å². The number of aliphatic carboxylic acids is 1. The van der Waals surface area contributed by atoms with Crippen LogP contribution < -0.4 is 11.1 Å². The third-order valence-corrected chi connectivity index (χ3v) is 3.26. The van der Waals surface area contributed by atoms with Gasteiger partial charge in [-0.1, -0.05) is 6.07 Å². The summed E-state index contributed by atoms with van der Waals surface area (Å²) in [6.45, 7) is 0.491. The van der Waals surface area contributed by atoms with E-state index < -0.39 is 12.0 Å². The van der Waals surface area contributed by atoms with E-state index in [9.17, 15) is 19.8 Å². The zero-order valence-electron chi connectivity index (χ0n) is 12.3. The smallest absolute Gasteiger partial charge is 0.326 e. The van der Waals surface area contributed by atoms with Crippen LogP contribution in [0.1, 0.15) is 31.2 Å². The first-order valence-electron chi connectivity index (χ1n) is 7.17. The fourth-order valence-corrected chi connectivity index (χ4v) is 2.00. The maximum Gasteiger partial charge on any atom is 0.326 e. The number of benzene rings is 1. The lowest BCUT2D eigenvalue weighted by molar-refractivity contribution is -0.142. The van der Waals surface area contributed by atoms with Crippen molar-refractivity contribution in [3.63, 3.8) is 0 Å². The minimum atomic E-state index is -1.06. The number of nitrogens with one attached hydrogen (secondary N) is 1. The van der Waals surface area contributed by atoms with Crippen molar-refractivity contribution in [2.45, 2.75) is 38.1 Å². The van der Waals surface area contributed by atoms with Crippen LogP contribution in [0.5, 0.6) is 11.5 Å². The van der Waals surface area contributed by atoms with Gasteiger partial charge in [0.1, 0.15) is 6.04 Å². The number of hydrogen-bond donors (Lipinski definition) is 5. The van der Waals surface area contributed by atoms with E-state index in [1.165, 1.54) is 12.1 Å². The Balaban J connectivity index is 2.45. The predicted molar refractivity (Wildman–Crippen MR) is 80.6 cm³/mol. The molecule has 0 aliphatic carbocycles. The van der Waals surface area contributed by atoms with Crippen LogP contribution in [0.4, 0.5) is 0 Å². The van der Waals surface area contributed by atoms with E-state index in [-0.39, 0.29) is 23.8 Å². The van der Waals surface area contributed by atoms with Crippen LogP contribution in [0.15, 0.2) is 18.2 Å². The van der Waals surface area contributed by atoms with Crippen LogP contribution in [-0.4, -0.2) is 39.8 Å². The first-order chi connectivity index (χ1) is 10.4. The summed E-state index contributed by atoms with van der Waals surface area (Å²) in [5.74, 6) is -1.90. The molecule has 0 aromatic heterocycles. The van der Waals surface area contributed by atoms with E-state index in [0.29, 0.717) is 37.8 Å². The second-order valence-corrected chi connectivity index (χ2v) is 5.07. The number of amides is 1. The average Bonchev–Trinajstić information content (AvgIpc) is 2.47. The Morgan fingerprint density at radius 3 is 2.50 bits per heavy atom. The van der Waals surface area contributed by atoms with Crippen molar-refractivity contribution in [2.75, 3.05) is 6.54 Å². The minimum absolute atomic E-state index is 0.102. The fraction of sp³-hybridized carbons (Fsp3) is 0.467. The largest absolute Gasteiger partial charge is 0.504 e. The maximum absolute atomic E-state index is 11.8. The van der Waals surface area contributed by atoms with Gasteiger partial charge in [0.2, 0.25) is 5.91 Å². The number of carboxylic acid groups (broad SMARTS) is 1. The van der Waals surface area contributed by atoms with E-state index >= 15 is 0 Å². The Morgan fingerprint density at radius 1 is 1.18 bits per heavy atom. The van der Waals surface area contributed by atoms with Gasteiger partial charge >= 0.3 is 5.97 Å². The number of unbranched alkanes of at least 4 members (excludes halogenated alkanes) is 1. The normalized spacial score (nSPS) is 11.9. The number of phenolic OH excluding ortho intramolecular Hbond substituents is 2. The van der Waals surface area contributed by atoms with Crippen molar-refractivity contribution in [3.05, 3.63) is 23.8 Å². The van der Waals surface area contributed by atoms with Gasteiger partial charge in [0.15, 0.2) is 11.5 Å². The number of carbonyl (C=O) groups excluding carboxylic acids is 1. The van der Waals surface area contributed by atoms with Gasteiger partial charge in [0.05, 0.1) is 0 Å². The second kappa shape index (κ2) is 8.89. The lowest BCUT2D eigenvalue weighted by Gasteiger charge is -2.14. The first kappa shape index (κ1) is 17.8. The predicted octanol–water partition coefficient (Wildman–Crippen LogP) is 0.729. The summed E-state index contributed by atoms with van der Waals surface area (Å²) in [5.41, 5.74) is 6.03.